The number of thiophene rings is 1. The first-order valence-corrected chi connectivity index (χ1v) is 18.0. The van der Waals surface area contributed by atoms with E-state index in [1.807, 2.05) is 29.7 Å². The fraction of sp³-hybridized carbons (Fsp3) is 0.514. The van der Waals surface area contributed by atoms with Crippen LogP contribution in [0.4, 0.5) is 4.79 Å². The number of ether oxygens (including phenoxy) is 2. The van der Waals surface area contributed by atoms with Crippen LogP contribution in [0.3, 0.4) is 0 Å². The molecule has 5 atom stereocenters. The number of amides is 3. The number of rotatable bonds is 6. The largest absolute Gasteiger partial charge is 0.479 e. The summed E-state index contributed by atoms with van der Waals surface area (Å²) in [5, 5.41) is 18.3. The summed E-state index contributed by atoms with van der Waals surface area (Å²) in [5.74, 6) is -1.77. The molecule has 14 heteroatoms. The zero-order valence-electron chi connectivity index (χ0n) is 27.1. The summed E-state index contributed by atoms with van der Waals surface area (Å²) in [6.45, 7) is 0.0325. The van der Waals surface area contributed by atoms with Gasteiger partial charge in [0.05, 0.1) is 11.9 Å². The number of hydrogen-bond donors (Lipinski definition) is 3. The van der Waals surface area contributed by atoms with E-state index in [2.05, 4.69) is 25.6 Å². The first-order valence-electron chi connectivity index (χ1n) is 17.1. The summed E-state index contributed by atoms with van der Waals surface area (Å²) in [7, 11) is 0. The van der Waals surface area contributed by atoms with Crippen LogP contribution in [0.2, 0.25) is 0 Å². The number of nitrogens with zero attached hydrogens (tertiary/aromatic N) is 4. The molecule has 258 valence electrons. The Morgan fingerprint density at radius 1 is 1.04 bits per heavy atom. The molecule has 49 heavy (non-hydrogen) atoms. The molecule has 2 saturated carbocycles. The summed E-state index contributed by atoms with van der Waals surface area (Å²) >= 11 is 1.43. The number of carboxylic acid groups (broad SMARTS) is 1. The van der Waals surface area contributed by atoms with E-state index in [0.29, 0.717) is 40.5 Å². The Bertz CT molecular complexity index is 1740. The van der Waals surface area contributed by atoms with Crippen molar-refractivity contribution in [3.05, 3.63) is 48.0 Å². The highest BCUT2D eigenvalue weighted by Crippen LogP contribution is 2.45. The normalized spacial score (nSPS) is 27.8. The number of pyridine rings is 1. The third-order valence-electron chi connectivity index (χ3n) is 9.95. The summed E-state index contributed by atoms with van der Waals surface area (Å²) in [6, 6.07) is 5.35. The number of allylic oxidation sites excluding steroid dienone is 1. The van der Waals surface area contributed by atoms with Crippen LogP contribution in [-0.2, 0) is 19.1 Å². The third kappa shape index (κ3) is 7.10. The van der Waals surface area contributed by atoms with Gasteiger partial charge in [0.1, 0.15) is 40.4 Å². The highest BCUT2D eigenvalue weighted by Gasteiger charge is 2.61. The highest BCUT2D eigenvalue weighted by molar-refractivity contribution is 7.16. The number of nitrogens with one attached hydrogen (secondary N) is 2. The predicted molar refractivity (Wildman–Crippen MR) is 180 cm³/mol. The average Bonchev–Trinajstić information content (AvgIpc) is 3.54. The predicted octanol–water partition coefficient (Wildman–Crippen LogP) is 4.62. The van der Waals surface area contributed by atoms with Gasteiger partial charge in [-0.3, -0.25) is 14.6 Å². The first kappa shape index (κ1) is 32.9. The Labute approximate surface area is 287 Å². The minimum atomic E-state index is -1.43. The molecule has 0 bridgehead atoms. The third-order valence-corrected chi connectivity index (χ3v) is 10.8. The number of fused-ring (bicyclic) bond motifs is 3. The molecule has 5 heterocycles. The number of alkyl carbamates (subject to hydrolysis) is 1. The van der Waals surface area contributed by atoms with E-state index in [-0.39, 0.29) is 31.4 Å². The van der Waals surface area contributed by atoms with Crippen LogP contribution in [0, 0.1) is 5.92 Å². The fourth-order valence-corrected chi connectivity index (χ4v) is 7.92. The summed E-state index contributed by atoms with van der Waals surface area (Å²) in [4.78, 5) is 69.7. The van der Waals surface area contributed by atoms with E-state index < -0.39 is 47.6 Å². The molecule has 3 aromatic rings. The van der Waals surface area contributed by atoms with Gasteiger partial charge in [-0.2, -0.15) is 4.98 Å². The van der Waals surface area contributed by atoms with E-state index >= 15 is 0 Å². The van der Waals surface area contributed by atoms with Gasteiger partial charge in [-0.25, -0.2) is 14.6 Å². The van der Waals surface area contributed by atoms with Crippen LogP contribution < -0.4 is 15.4 Å². The Morgan fingerprint density at radius 2 is 1.88 bits per heavy atom. The van der Waals surface area contributed by atoms with Gasteiger partial charge in [0.15, 0.2) is 5.82 Å². The zero-order chi connectivity index (χ0) is 34.0. The van der Waals surface area contributed by atoms with Crippen LogP contribution in [0.25, 0.3) is 21.7 Å². The minimum absolute atomic E-state index is 0.0325. The molecule has 0 spiro atoms. The highest BCUT2D eigenvalue weighted by atomic mass is 32.1. The lowest BCUT2D eigenvalue weighted by Gasteiger charge is -2.29. The van der Waals surface area contributed by atoms with Crippen molar-refractivity contribution >= 4 is 45.4 Å². The Hall–Kier alpha value is -4.59. The van der Waals surface area contributed by atoms with E-state index in [1.165, 1.54) is 16.2 Å². The number of carbonyl (C=O) groups is 4. The summed E-state index contributed by atoms with van der Waals surface area (Å²) in [6.07, 6.45) is 11.4. The van der Waals surface area contributed by atoms with Crippen molar-refractivity contribution in [1.29, 1.82) is 0 Å². The molecule has 2 aliphatic carbocycles. The van der Waals surface area contributed by atoms with Crippen molar-refractivity contribution in [2.24, 2.45) is 5.92 Å². The molecule has 7 rings (SSSR count). The molecule has 3 aromatic heterocycles. The SMILES string of the molecule is O=C(N[C@H]1CCCCCC=C[C@@H]2C[C@@]2(C(=O)O)NC(=O)[C@@H]2C[C@@H](Oc3nc(-c4ccccn4)nc4sccc34)CN2C1=O)OC1CCCC1. The van der Waals surface area contributed by atoms with Crippen molar-refractivity contribution in [3.63, 3.8) is 0 Å². The molecule has 0 radical (unpaired) electrons. The van der Waals surface area contributed by atoms with E-state index in [9.17, 15) is 24.3 Å². The first-order chi connectivity index (χ1) is 23.8. The van der Waals surface area contributed by atoms with Gasteiger partial charge < -0.3 is 30.1 Å². The second kappa shape index (κ2) is 14.1. The van der Waals surface area contributed by atoms with E-state index in [4.69, 9.17) is 9.47 Å². The molecule has 3 N–H and O–H groups in total. The molecule has 2 aliphatic heterocycles. The molecule has 3 fully saturated rings. The van der Waals surface area contributed by atoms with Gasteiger partial charge >= 0.3 is 12.1 Å². The molecular weight excluding hydrogens is 648 g/mol. The fourth-order valence-electron chi connectivity index (χ4n) is 7.17. The van der Waals surface area contributed by atoms with E-state index in [1.54, 1.807) is 18.3 Å². The quantitative estimate of drug-likeness (QED) is 0.310. The lowest BCUT2D eigenvalue weighted by atomic mass is 10.0. The van der Waals surface area contributed by atoms with Crippen molar-refractivity contribution in [2.45, 2.75) is 100 Å². The second-order valence-electron chi connectivity index (χ2n) is 13.3. The molecule has 4 aliphatic rings. The number of aliphatic carboxylic acids is 1. The van der Waals surface area contributed by atoms with E-state index in [0.717, 1.165) is 44.9 Å². The van der Waals surface area contributed by atoms with Crippen LogP contribution in [-0.4, -0.2) is 85.2 Å². The molecule has 0 unspecified atom stereocenters. The number of hydrogen-bond acceptors (Lipinski definition) is 10. The Morgan fingerprint density at radius 3 is 2.67 bits per heavy atom. The number of carboxylic acids is 1. The van der Waals surface area contributed by atoms with Gasteiger partial charge in [-0.05, 0) is 74.9 Å². The number of aromatic nitrogens is 3. The molecular formula is C35H40N6O7S. The van der Waals surface area contributed by atoms with Crippen molar-refractivity contribution in [1.82, 2.24) is 30.5 Å². The van der Waals surface area contributed by atoms with Crippen LogP contribution in [0.5, 0.6) is 5.88 Å². The number of carbonyl (C=O) groups excluding carboxylic acids is 3. The van der Waals surface area contributed by atoms with Crippen LogP contribution >= 0.6 is 11.3 Å². The van der Waals surface area contributed by atoms with Gasteiger partial charge in [0.25, 0.3) is 0 Å². The Kier molecular flexibility index (Phi) is 9.48. The summed E-state index contributed by atoms with van der Waals surface area (Å²) < 4.78 is 12.1. The molecule has 13 nitrogen and oxygen atoms in total. The van der Waals surface area contributed by atoms with Crippen molar-refractivity contribution < 1.29 is 33.8 Å². The maximum atomic E-state index is 14.4. The van der Waals surface area contributed by atoms with Gasteiger partial charge in [-0.1, -0.05) is 31.1 Å². The maximum absolute atomic E-state index is 14.4. The van der Waals surface area contributed by atoms with Crippen molar-refractivity contribution in [3.8, 4) is 17.4 Å². The van der Waals surface area contributed by atoms with Crippen molar-refractivity contribution in [2.75, 3.05) is 6.54 Å². The molecule has 1 saturated heterocycles. The minimum Gasteiger partial charge on any atom is -0.479 e. The van der Waals surface area contributed by atoms with Crippen LogP contribution in [0.1, 0.15) is 70.6 Å². The Balaban J connectivity index is 1.18. The topological polar surface area (TPSA) is 173 Å². The molecule has 3 amide bonds. The van der Waals surface area contributed by atoms with Gasteiger partial charge in [0, 0.05) is 18.5 Å². The monoisotopic (exact) mass is 688 g/mol. The average molecular weight is 689 g/mol. The second-order valence-corrected chi connectivity index (χ2v) is 14.2. The van der Waals surface area contributed by atoms with Gasteiger partial charge in [0.2, 0.25) is 17.7 Å². The molecule has 0 aromatic carbocycles. The summed E-state index contributed by atoms with van der Waals surface area (Å²) in [5.41, 5.74) is -0.862. The standard InChI is InChI=1S/C35H40N6O7S/c42-29-27-18-23(47-30-24-15-17-49-31(24)39-28(38-30)25-13-8-9-16-36-25)20-41(27)32(43)26(37-34(46)48-22-11-6-7-12-22)14-5-3-1-2-4-10-21-19-35(21,40-29)33(44)45/h4,8-10,13,15-17,21-23,26-27H,1-3,5-7,11-12,14,18-20H2,(H,37,46)(H,40,42)(H,44,45)/t21-,23-,26+,27+,35-/m1/s1. The van der Waals surface area contributed by atoms with Gasteiger partial charge in [-0.15, -0.1) is 11.3 Å². The maximum Gasteiger partial charge on any atom is 0.408 e. The smallest absolute Gasteiger partial charge is 0.408 e. The zero-order valence-corrected chi connectivity index (χ0v) is 27.9. The lowest BCUT2D eigenvalue weighted by Crippen LogP contribution is -2.56. The van der Waals surface area contributed by atoms with Crippen LogP contribution in [0.15, 0.2) is 48.0 Å². The lowest BCUT2D eigenvalue weighted by molar-refractivity contribution is -0.145.